The first-order chi connectivity index (χ1) is 12.5. The largest absolute Gasteiger partial charge is 0.497 e. The lowest BCUT2D eigenvalue weighted by Gasteiger charge is -2.20. The smallest absolute Gasteiger partial charge is 0.265 e. The van der Waals surface area contributed by atoms with Crippen molar-refractivity contribution in [2.45, 2.75) is 39.2 Å². The lowest BCUT2D eigenvalue weighted by molar-refractivity contribution is -0.122. The molecule has 1 amide bonds. The molecule has 0 fully saturated rings. The molecule has 5 nitrogen and oxygen atoms in total. The maximum absolute atomic E-state index is 12.6. The van der Waals surface area contributed by atoms with E-state index in [1.54, 1.807) is 39.3 Å². The zero-order valence-electron chi connectivity index (χ0n) is 16.0. The van der Waals surface area contributed by atoms with Crippen molar-refractivity contribution in [3.63, 3.8) is 0 Å². The third-order valence-corrected chi connectivity index (χ3v) is 4.40. The minimum Gasteiger partial charge on any atom is -0.497 e. The number of hydrogen-bond acceptors (Lipinski definition) is 4. The summed E-state index contributed by atoms with van der Waals surface area (Å²) in [5.74, 6) is 2.04. The SMILES string of the molecule is CCC(C)c1ccccc1OC(C)C(=O)Nc1cc(OC)ccc1OC. The number of amides is 1. The number of benzene rings is 2. The number of anilines is 1. The highest BCUT2D eigenvalue weighted by Gasteiger charge is 2.19. The first kappa shape index (κ1) is 19.6. The van der Waals surface area contributed by atoms with Crippen LogP contribution >= 0.6 is 0 Å². The molecule has 26 heavy (non-hydrogen) atoms. The van der Waals surface area contributed by atoms with Crippen LogP contribution in [-0.4, -0.2) is 26.2 Å². The van der Waals surface area contributed by atoms with Gasteiger partial charge in [0.05, 0.1) is 19.9 Å². The van der Waals surface area contributed by atoms with Gasteiger partial charge in [-0.2, -0.15) is 0 Å². The van der Waals surface area contributed by atoms with Gasteiger partial charge in [0.25, 0.3) is 5.91 Å². The molecule has 2 aromatic rings. The zero-order chi connectivity index (χ0) is 19.1. The third kappa shape index (κ3) is 4.69. The van der Waals surface area contributed by atoms with Crippen molar-refractivity contribution in [1.29, 1.82) is 0 Å². The fourth-order valence-corrected chi connectivity index (χ4v) is 2.60. The van der Waals surface area contributed by atoms with Crippen molar-refractivity contribution < 1.29 is 19.0 Å². The Morgan fingerprint density at radius 3 is 2.42 bits per heavy atom. The van der Waals surface area contributed by atoms with Crippen molar-refractivity contribution in [2.24, 2.45) is 0 Å². The van der Waals surface area contributed by atoms with E-state index in [4.69, 9.17) is 14.2 Å². The Kier molecular flexibility index (Phi) is 6.89. The van der Waals surface area contributed by atoms with Crippen LogP contribution < -0.4 is 19.5 Å². The summed E-state index contributed by atoms with van der Waals surface area (Å²) in [5, 5.41) is 2.85. The molecular weight excluding hydrogens is 330 g/mol. The number of methoxy groups -OCH3 is 2. The summed E-state index contributed by atoms with van der Waals surface area (Å²) in [6.45, 7) is 6.01. The molecule has 2 atom stereocenters. The summed E-state index contributed by atoms with van der Waals surface area (Å²) in [5.41, 5.74) is 1.65. The molecule has 0 spiro atoms. The minimum absolute atomic E-state index is 0.254. The maximum Gasteiger partial charge on any atom is 0.265 e. The molecule has 0 aliphatic heterocycles. The van der Waals surface area contributed by atoms with Crippen molar-refractivity contribution in [3.05, 3.63) is 48.0 Å². The van der Waals surface area contributed by atoms with E-state index < -0.39 is 6.10 Å². The normalized spacial score (nSPS) is 12.8. The van der Waals surface area contributed by atoms with Crippen LogP contribution in [0, 0.1) is 0 Å². The number of nitrogens with one attached hydrogen (secondary N) is 1. The summed E-state index contributed by atoms with van der Waals surface area (Å²) in [6, 6.07) is 13.1. The molecular formula is C21H27NO4. The first-order valence-electron chi connectivity index (χ1n) is 8.78. The van der Waals surface area contributed by atoms with Gasteiger partial charge in [-0.25, -0.2) is 0 Å². The molecule has 2 unspecified atom stereocenters. The zero-order valence-corrected chi connectivity index (χ0v) is 16.0. The molecule has 0 saturated carbocycles. The van der Waals surface area contributed by atoms with Crippen molar-refractivity contribution in [3.8, 4) is 17.2 Å². The highest BCUT2D eigenvalue weighted by atomic mass is 16.5. The van der Waals surface area contributed by atoms with Crippen LogP contribution in [0.1, 0.15) is 38.7 Å². The Bertz CT molecular complexity index is 745. The van der Waals surface area contributed by atoms with Crippen LogP contribution in [0.5, 0.6) is 17.2 Å². The number of hydrogen-bond donors (Lipinski definition) is 1. The average Bonchev–Trinajstić information content (AvgIpc) is 2.67. The molecule has 0 aliphatic rings. The number of carbonyl (C=O) groups excluding carboxylic acids is 1. The van der Waals surface area contributed by atoms with Crippen LogP contribution in [0.15, 0.2) is 42.5 Å². The topological polar surface area (TPSA) is 56.8 Å². The highest BCUT2D eigenvalue weighted by molar-refractivity contribution is 5.95. The van der Waals surface area contributed by atoms with Crippen molar-refractivity contribution in [1.82, 2.24) is 0 Å². The van der Waals surface area contributed by atoms with Crippen molar-refractivity contribution >= 4 is 11.6 Å². The molecule has 1 N–H and O–H groups in total. The predicted molar refractivity (Wildman–Crippen MR) is 103 cm³/mol. The maximum atomic E-state index is 12.6. The van der Waals surface area contributed by atoms with E-state index in [0.717, 1.165) is 17.7 Å². The Morgan fingerprint density at radius 1 is 1.04 bits per heavy atom. The van der Waals surface area contributed by atoms with E-state index in [-0.39, 0.29) is 5.91 Å². The van der Waals surface area contributed by atoms with Gasteiger partial charge in [-0.1, -0.05) is 32.0 Å². The molecule has 2 rings (SSSR count). The van der Waals surface area contributed by atoms with Crippen LogP contribution in [0.4, 0.5) is 5.69 Å². The first-order valence-corrected chi connectivity index (χ1v) is 8.78. The quantitative estimate of drug-likeness (QED) is 0.749. The summed E-state index contributed by atoms with van der Waals surface area (Å²) >= 11 is 0. The molecule has 0 radical (unpaired) electrons. The lowest BCUT2D eigenvalue weighted by Crippen LogP contribution is -2.30. The number of carbonyl (C=O) groups is 1. The van der Waals surface area contributed by atoms with Crippen LogP contribution in [0.25, 0.3) is 0 Å². The Labute approximate surface area is 155 Å². The van der Waals surface area contributed by atoms with Gasteiger partial charge in [-0.05, 0) is 43.0 Å². The molecule has 140 valence electrons. The van der Waals surface area contributed by atoms with E-state index in [2.05, 4.69) is 19.2 Å². The van der Waals surface area contributed by atoms with Crippen LogP contribution in [0.3, 0.4) is 0 Å². The molecule has 0 aliphatic carbocycles. The van der Waals surface area contributed by atoms with Crippen LogP contribution in [0.2, 0.25) is 0 Å². The summed E-state index contributed by atoms with van der Waals surface area (Å²) in [6.07, 6.45) is 0.346. The fourth-order valence-electron chi connectivity index (χ4n) is 2.60. The summed E-state index contributed by atoms with van der Waals surface area (Å²) < 4.78 is 16.5. The third-order valence-electron chi connectivity index (χ3n) is 4.40. The van der Waals surface area contributed by atoms with Gasteiger partial charge in [0.2, 0.25) is 0 Å². The Morgan fingerprint density at radius 2 is 1.77 bits per heavy atom. The van der Waals surface area contributed by atoms with E-state index in [1.165, 1.54) is 0 Å². The molecule has 0 heterocycles. The minimum atomic E-state index is -0.656. The van der Waals surface area contributed by atoms with E-state index >= 15 is 0 Å². The number of ether oxygens (including phenoxy) is 3. The van der Waals surface area contributed by atoms with Gasteiger partial charge < -0.3 is 19.5 Å². The summed E-state index contributed by atoms with van der Waals surface area (Å²) in [4.78, 5) is 12.6. The van der Waals surface area contributed by atoms with Gasteiger partial charge in [0, 0.05) is 6.07 Å². The van der Waals surface area contributed by atoms with Crippen LogP contribution in [-0.2, 0) is 4.79 Å². The second-order valence-corrected chi connectivity index (χ2v) is 6.16. The van der Waals surface area contributed by atoms with Crippen molar-refractivity contribution in [2.75, 3.05) is 19.5 Å². The standard InChI is InChI=1S/C21H27NO4/c1-6-14(2)17-9-7-8-10-19(17)26-15(3)21(23)22-18-13-16(24-4)11-12-20(18)25-5/h7-15H,6H2,1-5H3,(H,22,23). The van der Waals surface area contributed by atoms with Gasteiger partial charge in [0.1, 0.15) is 17.2 Å². The predicted octanol–water partition coefficient (Wildman–Crippen LogP) is 4.62. The Hall–Kier alpha value is -2.69. The monoisotopic (exact) mass is 357 g/mol. The van der Waals surface area contributed by atoms with Gasteiger partial charge >= 0.3 is 0 Å². The molecule has 0 bridgehead atoms. The van der Waals surface area contributed by atoms with Gasteiger partial charge in [-0.15, -0.1) is 0 Å². The highest BCUT2D eigenvalue weighted by Crippen LogP contribution is 2.31. The second kappa shape index (κ2) is 9.13. The average molecular weight is 357 g/mol. The molecule has 0 aromatic heterocycles. The number of para-hydroxylation sites is 1. The van der Waals surface area contributed by atoms with E-state index in [0.29, 0.717) is 23.1 Å². The number of rotatable bonds is 8. The lowest BCUT2D eigenvalue weighted by atomic mass is 9.98. The Balaban J connectivity index is 2.14. The van der Waals surface area contributed by atoms with E-state index in [9.17, 15) is 4.79 Å². The summed E-state index contributed by atoms with van der Waals surface area (Å²) in [7, 11) is 3.13. The molecule has 0 saturated heterocycles. The second-order valence-electron chi connectivity index (χ2n) is 6.16. The van der Waals surface area contributed by atoms with Gasteiger partial charge in [0.15, 0.2) is 6.10 Å². The van der Waals surface area contributed by atoms with E-state index in [1.807, 2.05) is 24.3 Å². The van der Waals surface area contributed by atoms with Gasteiger partial charge in [-0.3, -0.25) is 4.79 Å². The fraction of sp³-hybridized carbons (Fsp3) is 0.381. The molecule has 5 heteroatoms. The molecule has 2 aromatic carbocycles.